The average molecular weight is 478 g/mol. The molecule has 1 aromatic carbocycles. The summed E-state index contributed by atoms with van der Waals surface area (Å²) in [5.74, 6) is 0.385. The molecule has 2 aromatic heterocycles. The van der Waals surface area contributed by atoms with Gasteiger partial charge in [-0.3, -0.25) is 0 Å². The normalized spacial score (nSPS) is 21.1. The van der Waals surface area contributed by atoms with Crippen LogP contribution in [0.1, 0.15) is 38.2 Å². The predicted molar refractivity (Wildman–Crippen MR) is 125 cm³/mol. The Morgan fingerprint density at radius 3 is 2.55 bits per heavy atom. The summed E-state index contributed by atoms with van der Waals surface area (Å²) in [6, 6.07) is 7.22. The molecule has 33 heavy (non-hydrogen) atoms. The molecule has 1 saturated carbocycles. The van der Waals surface area contributed by atoms with Crippen molar-refractivity contribution in [2.75, 3.05) is 24.2 Å². The van der Waals surface area contributed by atoms with Crippen molar-refractivity contribution in [2.45, 2.75) is 44.3 Å². The number of hydrogen-bond donors (Lipinski definition) is 2. The fourth-order valence-corrected chi connectivity index (χ4v) is 6.09. The van der Waals surface area contributed by atoms with Crippen LogP contribution in [0.3, 0.4) is 0 Å². The van der Waals surface area contributed by atoms with E-state index in [1.807, 2.05) is 19.3 Å². The topological polar surface area (TPSA) is 91.0 Å². The van der Waals surface area contributed by atoms with Crippen molar-refractivity contribution in [3.05, 3.63) is 54.2 Å². The molecule has 1 atom stereocenters. The van der Waals surface area contributed by atoms with Gasteiger partial charge >= 0.3 is 0 Å². The van der Waals surface area contributed by atoms with Crippen molar-refractivity contribution in [1.82, 2.24) is 19.7 Å². The lowest BCUT2D eigenvalue weighted by Crippen LogP contribution is -2.40. The van der Waals surface area contributed by atoms with Gasteiger partial charge in [0.15, 0.2) is 0 Å². The fraction of sp³-hybridized carbons (Fsp3) is 0.478. The van der Waals surface area contributed by atoms with E-state index < -0.39 is 21.5 Å². The van der Waals surface area contributed by atoms with Gasteiger partial charge < -0.3 is 9.88 Å². The number of aromatic amines is 1. The number of sulfonamides is 1. The molecule has 1 aliphatic carbocycles. The monoisotopic (exact) mass is 477 g/mol. The van der Waals surface area contributed by atoms with Gasteiger partial charge in [-0.05, 0) is 62.3 Å². The minimum Gasteiger partial charge on any atom is -0.356 e. The molecule has 1 aliphatic rings. The van der Waals surface area contributed by atoms with Crippen LogP contribution in [0.25, 0.3) is 11.0 Å². The first kappa shape index (κ1) is 23.6. The van der Waals surface area contributed by atoms with Gasteiger partial charge in [0.1, 0.15) is 29.3 Å². The second-order valence-electron chi connectivity index (χ2n) is 9.03. The number of fused-ring (bicyclic) bond motifs is 1. The van der Waals surface area contributed by atoms with Crippen LogP contribution in [0.4, 0.5) is 14.6 Å². The molecule has 178 valence electrons. The molecule has 1 fully saturated rings. The van der Waals surface area contributed by atoms with Gasteiger partial charge in [-0.2, -0.15) is 0 Å². The van der Waals surface area contributed by atoms with Gasteiger partial charge in [0.05, 0.1) is 11.1 Å². The van der Waals surface area contributed by atoms with Gasteiger partial charge in [-0.15, -0.1) is 0 Å². The molecule has 7 nitrogen and oxygen atoms in total. The Balaban J connectivity index is 1.30. The Morgan fingerprint density at radius 1 is 1.15 bits per heavy atom. The van der Waals surface area contributed by atoms with Gasteiger partial charge in [0, 0.05) is 25.8 Å². The van der Waals surface area contributed by atoms with Crippen molar-refractivity contribution in [3.63, 3.8) is 0 Å². The van der Waals surface area contributed by atoms with E-state index in [1.54, 1.807) is 6.33 Å². The second-order valence-corrected chi connectivity index (χ2v) is 10.9. The Morgan fingerprint density at radius 2 is 1.85 bits per heavy atom. The summed E-state index contributed by atoms with van der Waals surface area (Å²) in [5, 5.41) is 0.962. The van der Waals surface area contributed by atoms with Crippen LogP contribution in [0, 0.1) is 11.7 Å². The molecule has 0 radical (unpaired) electrons. The van der Waals surface area contributed by atoms with Gasteiger partial charge in [-0.1, -0.05) is 12.1 Å². The summed E-state index contributed by atoms with van der Waals surface area (Å²) in [6.07, 6.45) is 6.61. The van der Waals surface area contributed by atoms with E-state index in [1.165, 1.54) is 31.2 Å². The zero-order valence-electron chi connectivity index (χ0n) is 18.8. The summed E-state index contributed by atoms with van der Waals surface area (Å²) < 4.78 is 55.7. The number of alkyl halides is 1. The molecule has 0 saturated heterocycles. The molecular formula is C23H29F2N5O2S. The Hall–Kier alpha value is -2.59. The van der Waals surface area contributed by atoms with Crippen molar-refractivity contribution in [1.29, 1.82) is 0 Å². The van der Waals surface area contributed by atoms with E-state index in [9.17, 15) is 17.2 Å². The van der Waals surface area contributed by atoms with E-state index >= 15 is 0 Å². The third-order valence-electron chi connectivity index (χ3n) is 6.56. The van der Waals surface area contributed by atoms with Crippen molar-refractivity contribution in [3.8, 4) is 0 Å². The van der Waals surface area contributed by atoms with Crippen LogP contribution in [0.2, 0.25) is 0 Å². The fourth-order valence-electron chi connectivity index (χ4n) is 4.53. The first-order chi connectivity index (χ1) is 15.6. The number of anilines is 1. The zero-order chi connectivity index (χ0) is 23.6. The maximum Gasteiger partial charge on any atom is 0.211 e. The van der Waals surface area contributed by atoms with Crippen molar-refractivity contribution >= 4 is 26.9 Å². The SMILES string of the molecule is CN(c1ncnc2[nH]ccc12)C1CCC(CS(=O)(=O)NCC(C)(F)c2ccc(F)cc2)CC1. The largest absolute Gasteiger partial charge is 0.356 e. The van der Waals surface area contributed by atoms with E-state index in [-0.39, 0.29) is 29.8 Å². The molecule has 10 heteroatoms. The standard InChI is InChI=1S/C23H29F2N5O2S/c1-23(25,17-5-7-18(24)8-6-17)14-29-33(31,32)13-16-3-9-19(10-4-16)30(2)22-20-11-12-26-21(20)27-15-28-22/h5-8,11-12,15-16,19,29H,3-4,9-10,13-14H2,1-2H3,(H,26,27,28). The molecule has 2 N–H and O–H groups in total. The van der Waals surface area contributed by atoms with E-state index in [2.05, 4.69) is 24.6 Å². The third kappa shape index (κ3) is 5.50. The molecule has 0 bridgehead atoms. The van der Waals surface area contributed by atoms with Gasteiger partial charge in [0.25, 0.3) is 0 Å². The first-order valence-corrected chi connectivity index (χ1v) is 12.7. The number of nitrogens with one attached hydrogen (secondary N) is 2. The van der Waals surface area contributed by atoms with Crippen LogP contribution in [0.15, 0.2) is 42.9 Å². The number of H-pyrrole nitrogens is 1. The highest BCUT2D eigenvalue weighted by Crippen LogP contribution is 2.32. The quantitative estimate of drug-likeness (QED) is 0.514. The average Bonchev–Trinajstić information content (AvgIpc) is 3.27. The zero-order valence-corrected chi connectivity index (χ0v) is 19.6. The molecule has 0 aliphatic heterocycles. The number of benzene rings is 1. The molecule has 3 aromatic rings. The number of hydrogen-bond acceptors (Lipinski definition) is 5. The second kappa shape index (κ2) is 9.34. The van der Waals surface area contributed by atoms with E-state index in [4.69, 9.17) is 0 Å². The maximum atomic E-state index is 15.0. The lowest BCUT2D eigenvalue weighted by Gasteiger charge is -2.35. The molecule has 1 unspecified atom stereocenters. The molecule has 4 rings (SSSR count). The van der Waals surface area contributed by atoms with Crippen molar-refractivity contribution in [2.24, 2.45) is 5.92 Å². The Labute approximate surface area is 192 Å². The third-order valence-corrected chi connectivity index (χ3v) is 8.05. The Kier molecular flexibility index (Phi) is 6.67. The van der Waals surface area contributed by atoms with Crippen LogP contribution < -0.4 is 9.62 Å². The molecule has 0 spiro atoms. The molecule has 2 heterocycles. The lowest BCUT2D eigenvalue weighted by molar-refractivity contribution is 0.196. The minimum absolute atomic E-state index is 0.0153. The van der Waals surface area contributed by atoms with E-state index in [0.717, 1.165) is 42.5 Å². The summed E-state index contributed by atoms with van der Waals surface area (Å²) in [6.45, 7) is 0.901. The number of rotatable bonds is 8. The lowest BCUT2D eigenvalue weighted by atomic mass is 9.86. The Bertz CT molecular complexity index is 1190. The van der Waals surface area contributed by atoms with Crippen LogP contribution in [-0.2, 0) is 15.7 Å². The van der Waals surface area contributed by atoms with Gasteiger partial charge in [0.2, 0.25) is 10.0 Å². The van der Waals surface area contributed by atoms with Crippen molar-refractivity contribution < 1.29 is 17.2 Å². The van der Waals surface area contributed by atoms with Crippen LogP contribution in [-0.4, -0.2) is 48.8 Å². The summed E-state index contributed by atoms with van der Waals surface area (Å²) in [4.78, 5) is 13.9. The van der Waals surface area contributed by atoms with Gasteiger partial charge in [-0.25, -0.2) is 31.9 Å². The summed E-state index contributed by atoms with van der Waals surface area (Å²) in [7, 11) is -1.63. The first-order valence-electron chi connectivity index (χ1n) is 11.1. The smallest absolute Gasteiger partial charge is 0.211 e. The van der Waals surface area contributed by atoms with Crippen LogP contribution in [0.5, 0.6) is 0 Å². The minimum atomic E-state index is -3.64. The highest BCUT2D eigenvalue weighted by atomic mass is 32.2. The predicted octanol–water partition coefficient (Wildman–Crippen LogP) is 3.90. The summed E-state index contributed by atoms with van der Waals surface area (Å²) in [5.41, 5.74) is -0.906. The summed E-state index contributed by atoms with van der Waals surface area (Å²) >= 11 is 0. The van der Waals surface area contributed by atoms with Crippen LogP contribution >= 0.6 is 0 Å². The highest BCUT2D eigenvalue weighted by Gasteiger charge is 2.31. The number of nitrogens with zero attached hydrogens (tertiary/aromatic N) is 3. The molecular weight excluding hydrogens is 448 g/mol. The van der Waals surface area contributed by atoms with E-state index in [0.29, 0.717) is 0 Å². The maximum absolute atomic E-state index is 15.0. The highest BCUT2D eigenvalue weighted by molar-refractivity contribution is 7.89. The molecule has 0 amide bonds. The number of aromatic nitrogens is 3. The number of halogens is 2.